The van der Waals surface area contributed by atoms with Crippen molar-refractivity contribution in [3.05, 3.63) is 0 Å². The molecule has 92 valence electrons. The number of nitrogens with zero attached hydrogens (tertiary/aromatic N) is 1. The number of hydrogen-bond donors (Lipinski definition) is 1. The largest absolute Gasteiger partial charge is 0.480 e. The van der Waals surface area contributed by atoms with Gasteiger partial charge in [0.1, 0.15) is 6.04 Å². The van der Waals surface area contributed by atoms with Crippen LogP contribution in [0.2, 0.25) is 0 Å². The van der Waals surface area contributed by atoms with Crippen LogP contribution in [0, 0.1) is 5.92 Å². The standard InChI is InChI=1S/C12H21NO3/c1-3-5-9(2)8-11(14)13-7-4-6-10(13)12(15)16/h9-10H,3-8H2,1-2H3,(H,15,16)/t9?,10-/m1/s1. The monoisotopic (exact) mass is 227 g/mol. The predicted molar refractivity (Wildman–Crippen MR) is 61.1 cm³/mol. The minimum atomic E-state index is -0.867. The third kappa shape index (κ3) is 3.22. The van der Waals surface area contributed by atoms with Crippen molar-refractivity contribution in [2.24, 2.45) is 5.92 Å². The van der Waals surface area contributed by atoms with Gasteiger partial charge in [0.2, 0.25) is 5.91 Å². The van der Waals surface area contributed by atoms with E-state index < -0.39 is 12.0 Å². The van der Waals surface area contributed by atoms with Gasteiger partial charge in [0, 0.05) is 13.0 Å². The van der Waals surface area contributed by atoms with E-state index in [1.807, 2.05) is 6.92 Å². The van der Waals surface area contributed by atoms with Crippen LogP contribution >= 0.6 is 0 Å². The van der Waals surface area contributed by atoms with Crippen LogP contribution in [0.3, 0.4) is 0 Å². The number of aliphatic carboxylic acids is 1. The van der Waals surface area contributed by atoms with Gasteiger partial charge in [-0.2, -0.15) is 0 Å². The molecule has 0 saturated carbocycles. The summed E-state index contributed by atoms with van der Waals surface area (Å²) >= 11 is 0. The van der Waals surface area contributed by atoms with E-state index in [1.165, 1.54) is 4.90 Å². The number of carbonyl (C=O) groups is 2. The minimum absolute atomic E-state index is 0.00542. The molecule has 4 heteroatoms. The second-order valence-electron chi connectivity index (χ2n) is 4.68. The van der Waals surface area contributed by atoms with Crippen molar-refractivity contribution in [3.63, 3.8) is 0 Å². The van der Waals surface area contributed by atoms with Gasteiger partial charge in [0.25, 0.3) is 0 Å². The molecule has 1 aliphatic rings. The van der Waals surface area contributed by atoms with Gasteiger partial charge in [-0.3, -0.25) is 4.79 Å². The second kappa shape index (κ2) is 5.87. The van der Waals surface area contributed by atoms with Crippen molar-refractivity contribution in [1.82, 2.24) is 4.90 Å². The summed E-state index contributed by atoms with van der Waals surface area (Å²) in [5.74, 6) is -0.507. The zero-order valence-corrected chi connectivity index (χ0v) is 10.1. The number of amides is 1. The van der Waals surface area contributed by atoms with Gasteiger partial charge in [-0.25, -0.2) is 4.79 Å². The van der Waals surface area contributed by atoms with Crippen LogP contribution in [0.25, 0.3) is 0 Å². The average Bonchev–Trinajstić information content (AvgIpc) is 2.65. The maximum absolute atomic E-state index is 11.9. The summed E-state index contributed by atoms with van der Waals surface area (Å²) in [4.78, 5) is 24.4. The summed E-state index contributed by atoms with van der Waals surface area (Å²) in [6.45, 7) is 4.75. The summed E-state index contributed by atoms with van der Waals surface area (Å²) in [7, 11) is 0. The van der Waals surface area contributed by atoms with Crippen molar-refractivity contribution in [2.75, 3.05) is 6.54 Å². The molecule has 1 unspecified atom stereocenters. The normalized spacial score (nSPS) is 22.1. The van der Waals surface area contributed by atoms with Gasteiger partial charge in [-0.1, -0.05) is 26.7 Å². The fourth-order valence-electron chi connectivity index (χ4n) is 2.33. The lowest BCUT2D eigenvalue weighted by molar-refractivity contribution is -0.148. The summed E-state index contributed by atoms with van der Waals surface area (Å²) in [5, 5.41) is 8.98. The smallest absolute Gasteiger partial charge is 0.326 e. The van der Waals surface area contributed by atoms with Gasteiger partial charge < -0.3 is 10.0 Å². The average molecular weight is 227 g/mol. The van der Waals surface area contributed by atoms with Gasteiger partial charge in [0.15, 0.2) is 0 Å². The molecule has 0 bridgehead atoms. The molecule has 1 N–H and O–H groups in total. The lowest BCUT2D eigenvalue weighted by Crippen LogP contribution is -2.40. The highest BCUT2D eigenvalue weighted by Crippen LogP contribution is 2.21. The molecule has 1 fully saturated rings. The first-order valence-corrected chi connectivity index (χ1v) is 6.08. The van der Waals surface area contributed by atoms with Gasteiger partial charge >= 0.3 is 5.97 Å². The topological polar surface area (TPSA) is 57.6 Å². The van der Waals surface area contributed by atoms with Crippen LogP contribution in [0.15, 0.2) is 0 Å². The molecule has 1 rings (SSSR count). The molecule has 1 amide bonds. The molecule has 0 aromatic rings. The second-order valence-corrected chi connectivity index (χ2v) is 4.68. The molecule has 0 radical (unpaired) electrons. The fourth-order valence-corrected chi connectivity index (χ4v) is 2.33. The number of hydrogen-bond acceptors (Lipinski definition) is 2. The van der Waals surface area contributed by atoms with Crippen molar-refractivity contribution < 1.29 is 14.7 Å². The van der Waals surface area contributed by atoms with Gasteiger partial charge in [0.05, 0.1) is 0 Å². The number of carboxylic acid groups (broad SMARTS) is 1. The van der Waals surface area contributed by atoms with E-state index >= 15 is 0 Å². The lowest BCUT2D eigenvalue weighted by Gasteiger charge is -2.23. The molecule has 1 heterocycles. The Hall–Kier alpha value is -1.06. The first-order chi connectivity index (χ1) is 7.56. The van der Waals surface area contributed by atoms with Crippen molar-refractivity contribution in [2.45, 2.75) is 52.0 Å². The molecule has 4 nitrogen and oxygen atoms in total. The Kier molecular flexibility index (Phi) is 4.77. The van der Waals surface area contributed by atoms with E-state index in [9.17, 15) is 9.59 Å². The highest BCUT2D eigenvalue weighted by Gasteiger charge is 2.33. The molecule has 0 spiro atoms. The third-order valence-corrected chi connectivity index (χ3v) is 3.16. The van der Waals surface area contributed by atoms with E-state index in [2.05, 4.69) is 6.92 Å². The van der Waals surface area contributed by atoms with Crippen molar-refractivity contribution >= 4 is 11.9 Å². The molecular weight excluding hydrogens is 206 g/mol. The number of carboxylic acids is 1. The highest BCUT2D eigenvalue weighted by atomic mass is 16.4. The van der Waals surface area contributed by atoms with Gasteiger partial charge in [-0.05, 0) is 18.8 Å². The first kappa shape index (κ1) is 13.0. The molecule has 1 aliphatic heterocycles. The number of carbonyl (C=O) groups excluding carboxylic acids is 1. The van der Waals surface area contributed by atoms with Crippen LogP contribution in [0.4, 0.5) is 0 Å². The Morgan fingerprint density at radius 2 is 2.19 bits per heavy atom. The lowest BCUT2D eigenvalue weighted by atomic mass is 10.0. The Bertz CT molecular complexity index is 265. The summed E-state index contributed by atoms with van der Waals surface area (Å²) in [6.07, 6.45) is 3.99. The van der Waals surface area contributed by atoms with Crippen LogP contribution in [0.1, 0.15) is 46.0 Å². The summed E-state index contributed by atoms with van der Waals surface area (Å²) < 4.78 is 0. The van der Waals surface area contributed by atoms with Crippen molar-refractivity contribution in [1.29, 1.82) is 0 Å². The van der Waals surface area contributed by atoms with E-state index in [0.29, 0.717) is 25.3 Å². The highest BCUT2D eigenvalue weighted by molar-refractivity contribution is 5.84. The maximum atomic E-state index is 11.9. The maximum Gasteiger partial charge on any atom is 0.326 e. The number of rotatable bonds is 5. The van der Waals surface area contributed by atoms with Crippen LogP contribution in [-0.4, -0.2) is 34.5 Å². The van der Waals surface area contributed by atoms with E-state index in [4.69, 9.17) is 5.11 Å². The van der Waals surface area contributed by atoms with Crippen LogP contribution < -0.4 is 0 Å². The molecule has 0 aliphatic carbocycles. The zero-order chi connectivity index (χ0) is 12.1. The van der Waals surface area contributed by atoms with Crippen molar-refractivity contribution in [3.8, 4) is 0 Å². The zero-order valence-electron chi connectivity index (χ0n) is 10.1. The molecule has 1 saturated heterocycles. The SMILES string of the molecule is CCCC(C)CC(=O)N1CCC[C@@H]1C(=O)O. The molecular formula is C12H21NO3. The van der Waals surface area contributed by atoms with E-state index in [-0.39, 0.29) is 5.91 Å². The Morgan fingerprint density at radius 1 is 1.50 bits per heavy atom. The Balaban J connectivity index is 2.49. The fraction of sp³-hybridized carbons (Fsp3) is 0.833. The minimum Gasteiger partial charge on any atom is -0.480 e. The Labute approximate surface area is 96.6 Å². The number of likely N-dealkylation sites (tertiary alicyclic amines) is 1. The predicted octanol–water partition coefficient (Wildman–Crippen LogP) is 1.89. The first-order valence-electron chi connectivity index (χ1n) is 6.08. The van der Waals surface area contributed by atoms with E-state index in [0.717, 1.165) is 19.3 Å². The Morgan fingerprint density at radius 3 is 2.75 bits per heavy atom. The molecule has 0 aromatic heterocycles. The van der Waals surface area contributed by atoms with E-state index in [1.54, 1.807) is 0 Å². The molecule has 2 atom stereocenters. The van der Waals surface area contributed by atoms with Crippen LogP contribution in [-0.2, 0) is 9.59 Å². The quantitative estimate of drug-likeness (QED) is 0.780. The third-order valence-electron chi connectivity index (χ3n) is 3.16. The molecule has 16 heavy (non-hydrogen) atoms. The summed E-state index contributed by atoms with van der Waals surface area (Å²) in [6, 6.07) is -0.582. The van der Waals surface area contributed by atoms with Gasteiger partial charge in [-0.15, -0.1) is 0 Å². The molecule has 0 aromatic carbocycles. The van der Waals surface area contributed by atoms with Crippen LogP contribution in [0.5, 0.6) is 0 Å². The summed E-state index contributed by atoms with van der Waals surface area (Å²) in [5.41, 5.74) is 0.